The molecule has 6 heteroatoms. The van der Waals surface area contributed by atoms with Crippen LogP contribution in [0.1, 0.15) is 5.69 Å². The van der Waals surface area contributed by atoms with Crippen LogP contribution in [0.2, 0.25) is 5.02 Å². The molecule has 0 aliphatic rings. The van der Waals surface area contributed by atoms with Gasteiger partial charge in [-0.3, -0.25) is 0 Å². The monoisotopic (exact) mass is 412 g/mol. The molecule has 0 fully saturated rings. The van der Waals surface area contributed by atoms with Crippen molar-refractivity contribution < 1.29 is 4.42 Å². The van der Waals surface area contributed by atoms with Gasteiger partial charge < -0.3 is 4.42 Å². The molecule has 0 saturated heterocycles. The van der Waals surface area contributed by atoms with Gasteiger partial charge in [0.15, 0.2) is 0 Å². The number of aromatic nitrogens is 4. The molecule has 2 heterocycles. The molecule has 146 valence electrons. The molecule has 3 aromatic carbocycles. The Labute approximate surface area is 178 Å². The Morgan fingerprint density at radius 2 is 1.37 bits per heavy atom. The van der Waals surface area contributed by atoms with E-state index in [-0.39, 0.29) is 0 Å². The first-order chi connectivity index (χ1) is 14.7. The van der Waals surface area contributed by atoms with Crippen molar-refractivity contribution in [3.8, 4) is 39.9 Å². The third-order valence-corrected chi connectivity index (χ3v) is 5.15. The minimum absolute atomic E-state index is 0.429. The van der Waals surface area contributed by atoms with Crippen LogP contribution in [-0.4, -0.2) is 20.0 Å². The lowest BCUT2D eigenvalue weighted by Gasteiger charge is -2.03. The highest BCUT2D eigenvalue weighted by atomic mass is 35.5. The van der Waals surface area contributed by atoms with Crippen LogP contribution >= 0.6 is 11.6 Å². The molecule has 2 aromatic heterocycles. The normalized spacial score (nSPS) is 11.0. The van der Waals surface area contributed by atoms with E-state index in [4.69, 9.17) is 21.1 Å². The number of para-hydroxylation sites is 1. The van der Waals surface area contributed by atoms with Crippen molar-refractivity contribution in [3.63, 3.8) is 0 Å². The molecule has 0 spiro atoms. The van der Waals surface area contributed by atoms with Crippen molar-refractivity contribution in [1.29, 1.82) is 0 Å². The number of hydrogen-bond donors (Lipinski definition) is 0. The predicted octanol–water partition coefficient (Wildman–Crippen LogP) is 6.22. The van der Waals surface area contributed by atoms with Gasteiger partial charge in [0.25, 0.3) is 5.89 Å². The van der Waals surface area contributed by atoms with E-state index < -0.39 is 0 Å². The van der Waals surface area contributed by atoms with Crippen molar-refractivity contribution in [2.45, 2.75) is 6.92 Å². The van der Waals surface area contributed by atoms with Gasteiger partial charge >= 0.3 is 0 Å². The van der Waals surface area contributed by atoms with Crippen LogP contribution in [0.25, 0.3) is 39.9 Å². The summed E-state index contributed by atoms with van der Waals surface area (Å²) in [7, 11) is 0. The van der Waals surface area contributed by atoms with E-state index in [0.717, 1.165) is 33.8 Å². The van der Waals surface area contributed by atoms with E-state index >= 15 is 0 Å². The topological polar surface area (TPSA) is 56.7 Å². The first-order valence-electron chi connectivity index (χ1n) is 9.51. The number of benzene rings is 3. The summed E-state index contributed by atoms with van der Waals surface area (Å²) in [5, 5.41) is 14.1. The maximum absolute atomic E-state index is 6.07. The summed E-state index contributed by atoms with van der Waals surface area (Å²) in [5.41, 5.74) is 5.30. The molecule has 0 atom stereocenters. The molecule has 0 amide bonds. The zero-order valence-corrected chi connectivity index (χ0v) is 16.9. The summed E-state index contributed by atoms with van der Waals surface area (Å²) in [6, 6.07) is 27.3. The van der Waals surface area contributed by atoms with Crippen molar-refractivity contribution in [1.82, 2.24) is 20.0 Å². The van der Waals surface area contributed by atoms with Gasteiger partial charge in [0.1, 0.15) is 5.69 Å². The summed E-state index contributed by atoms with van der Waals surface area (Å²) in [5.74, 6) is 0.867. The van der Waals surface area contributed by atoms with Crippen molar-refractivity contribution in [3.05, 3.63) is 95.6 Å². The van der Waals surface area contributed by atoms with E-state index in [1.165, 1.54) is 0 Å². The Morgan fingerprint density at radius 3 is 2.07 bits per heavy atom. The molecule has 30 heavy (non-hydrogen) atoms. The third kappa shape index (κ3) is 3.29. The largest absolute Gasteiger partial charge is 0.416 e. The maximum atomic E-state index is 6.07. The minimum Gasteiger partial charge on any atom is -0.416 e. The van der Waals surface area contributed by atoms with E-state index in [0.29, 0.717) is 16.8 Å². The zero-order chi connectivity index (χ0) is 20.5. The van der Waals surface area contributed by atoms with E-state index in [9.17, 15) is 0 Å². The first-order valence-corrected chi connectivity index (χ1v) is 9.89. The molecule has 0 saturated carbocycles. The Balaban J connectivity index is 1.68. The second kappa shape index (κ2) is 7.61. The van der Waals surface area contributed by atoms with Crippen LogP contribution in [0.15, 0.2) is 89.3 Å². The van der Waals surface area contributed by atoms with E-state index in [1.807, 2.05) is 84.4 Å². The molecule has 5 nitrogen and oxygen atoms in total. The molecular weight excluding hydrogens is 396 g/mol. The zero-order valence-electron chi connectivity index (χ0n) is 16.2. The highest BCUT2D eigenvalue weighted by Gasteiger charge is 2.23. The average Bonchev–Trinajstić information content (AvgIpc) is 3.40. The lowest BCUT2D eigenvalue weighted by atomic mass is 10.1. The van der Waals surface area contributed by atoms with Gasteiger partial charge in [-0.15, -0.1) is 10.2 Å². The maximum Gasteiger partial charge on any atom is 0.252 e. The molecule has 0 aliphatic heterocycles. The van der Waals surface area contributed by atoms with Crippen LogP contribution in [0.4, 0.5) is 0 Å². The van der Waals surface area contributed by atoms with Crippen molar-refractivity contribution >= 4 is 11.6 Å². The summed E-state index contributed by atoms with van der Waals surface area (Å²) < 4.78 is 7.98. The van der Waals surface area contributed by atoms with E-state index in [2.05, 4.69) is 10.2 Å². The van der Waals surface area contributed by atoms with Crippen LogP contribution < -0.4 is 0 Å². The Kier molecular flexibility index (Phi) is 4.65. The fourth-order valence-corrected chi connectivity index (χ4v) is 3.54. The van der Waals surface area contributed by atoms with Gasteiger partial charge in [-0.2, -0.15) is 5.10 Å². The Hall–Kier alpha value is -3.70. The van der Waals surface area contributed by atoms with Crippen LogP contribution in [0.3, 0.4) is 0 Å². The predicted molar refractivity (Wildman–Crippen MR) is 117 cm³/mol. The fraction of sp³-hybridized carbons (Fsp3) is 0.0417. The smallest absolute Gasteiger partial charge is 0.252 e. The van der Waals surface area contributed by atoms with Crippen molar-refractivity contribution in [2.24, 2.45) is 0 Å². The molecular formula is C24H17ClN4O. The molecule has 0 radical (unpaired) electrons. The summed E-state index contributed by atoms with van der Waals surface area (Å²) in [6.07, 6.45) is 0. The van der Waals surface area contributed by atoms with Crippen molar-refractivity contribution in [2.75, 3.05) is 0 Å². The van der Waals surface area contributed by atoms with Crippen LogP contribution in [0, 0.1) is 6.92 Å². The molecule has 0 N–H and O–H groups in total. The highest BCUT2D eigenvalue weighted by molar-refractivity contribution is 6.30. The summed E-state index contributed by atoms with van der Waals surface area (Å²) in [6.45, 7) is 2.01. The number of rotatable bonds is 4. The van der Waals surface area contributed by atoms with Gasteiger partial charge in [-0.25, -0.2) is 4.68 Å². The lowest BCUT2D eigenvalue weighted by Crippen LogP contribution is -1.98. The standard InChI is InChI=1S/C24H17ClN4O/c1-16-21(24-27-26-23(30-24)18-12-14-19(25)15-13-18)22(17-8-4-2-5-9-17)28-29(16)20-10-6-3-7-11-20/h2-15H,1H3. The first kappa shape index (κ1) is 18.3. The fourth-order valence-electron chi connectivity index (χ4n) is 3.41. The molecule has 0 aliphatic carbocycles. The third-order valence-electron chi connectivity index (χ3n) is 4.89. The molecule has 5 rings (SSSR count). The molecule has 0 unspecified atom stereocenters. The minimum atomic E-state index is 0.429. The van der Waals surface area contributed by atoms with Gasteiger partial charge in [0.05, 0.1) is 16.9 Å². The van der Waals surface area contributed by atoms with Gasteiger partial charge in [0.2, 0.25) is 5.89 Å². The lowest BCUT2D eigenvalue weighted by molar-refractivity contribution is 0.584. The Bertz CT molecular complexity index is 1290. The highest BCUT2D eigenvalue weighted by Crippen LogP contribution is 2.36. The van der Waals surface area contributed by atoms with Gasteiger partial charge in [-0.1, -0.05) is 60.1 Å². The molecule has 0 bridgehead atoms. The van der Waals surface area contributed by atoms with Crippen LogP contribution in [-0.2, 0) is 0 Å². The van der Waals surface area contributed by atoms with Crippen LogP contribution in [0.5, 0.6) is 0 Å². The summed E-state index contributed by atoms with van der Waals surface area (Å²) in [4.78, 5) is 0. The second-order valence-electron chi connectivity index (χ2n) is 6.84. The van der Waals surface area contributed by atoms with E-state index in [1.54, 1.807) is 12.1 Å². The average molecular weight is 413 g/mol. The molecule has 5 aromatic rings. The summed E-state index contributed by atoms with van der Waals surface area (Å²) >= 11 is 5.99. The number of nitrogens with zero attached hydrogens (tertiary/aromatic N) is 4. The second-order valence-corrected chi connectivity index (χ2v) is 7.28. The Morgan fingerprint density at radius 1 is 0.733 bits per heavy atom. The van der Waals surface area contributed by atoms with Gasteiger partial charge in [-0.05, 0) is 43.3 Å². The van der Waals surface area contributed by atoms with Gasteiger partial charge in [0, 0.05) is 16.1 Å². The SMILES string of the molecule is Cc1c(-c2nnc(-c3ccc(Cl)cc3)o2)c(-c2ccccc2)nn1-c1ccccc1. The number of hydrogen-bond acceptors (Lipinski definition) is 4. The quantitative estimate of drug-likeness (QED) is 0.351. The number of halogens is 1.